The summed E-state index contributed by atoms with van der Waals surface area (Å²) in [7, 11) is 1.64. The van der Waals surface area contributed by atoms with Crippen LogP contribution in [0, 0.1) is 6.92 Å². The van der Waals surface area contributed by atoms with Crippen molar-refractivity contribution < 1.29 is 4.74 Å². The van der Waals surface area contributed by atoms with E-state index in [2.05, 4.69) is 15.3 Å². The monoisotopic (exact) mass is 376 g/mol. The van der Waals surface area contributed by atoms with Gasteiger partial charge in [-0.25, -0.2) is 9.97 Å². The Balaban J connectivity index is 1.88. The quantitative estimate of drug-likeness (QED) is 0.516. The molecule has 0 unspecified atom stereocenters. The molecule has 27 heavy (non-hydrogen) atoms. The lowest BCUT2D eigenvalue weighted by molar-refractivity contribution is 0.415. The SMILES string of the molecule is COc1ccc2nc(-c3cccnc3)nc(Nc3ccc(C)c(Cl)c3)c2c1. The molecule has 0 radical (unpaired) electrons. The van der Waals surface area contributed by atoms with Crippen molar-refractivity contribution in [2.75, 3.05) is 12.4 Å². The van der Waals surface area contributed by atoms with Gasteiger partial charge in [-0.3, -0.25) is 4.98 Å². The van der Waals surface area contributed by atoms with Crippen molar-refractivity contribution in [3.63, 3.8) is 0 Å². The van der Waals surface area contributed by atoms with Crippen LogP contribution in [0.4, 0.5) is 11.5 Å². The van der Waals surface area contributed by atoms with Gasteiger partial charge in [0.1, 0.15) is 11.6 Å². The number of hydrogen-bond donors (Lipinski definition) is 1. The zero-order chi connectivity index (χ0) is 18.8. The second-order valence-corrected chi connectivity index (χ2v) is 6.52. The molecule has 0 saturated carbocycles. The van der Waals surface area contributed by atoms with Crippen molar-refractivity contribution in [1.29, 1.82) is 0 Å². The highest BCUT2D eigenvalue weighted by Gasteiger charge is 2.11. The van der Waals surface area contributed by atoms with E-state index in [4.69, 9.17) is 21.3 Å². The number of rotatable bonds is 4. The first-order valence-corrected chi connectivity index (χ1v) is 8.81. The van der Waals surface area contributed by atoms with Gasteiger partial charge in [0.25, 0.3) is 0 Å². The number of ether oxygens (including phenoxy) is 1. The van der Waals surface area contributed by atoms with Gasteiger partial charge in [0.05, 0.1) is 12.6 Å². The van der Waals surface area contributed by atoms with Crippen LogP contribution in [0.3, 0.4) is 0 Å². The number of aryl methyl sites for hydroxylation is 1. The number of aromatic nitrogens is 3. The summed E-state index contributed by atoms with van der Waals surface area (Å²) < 4.78 is 5.36. The Bertz CT molecular complexity index is 1120. The minimum absolute atomic E-state index is 0.599. The molecule has 2 aromatic heterocycles. The minimum Gasteiger partial charge on any atom is -0.497 e. The maximum atomic E-state index is 6.27. The minimum atomic E-state index is 0.599. The molecule has 0 fully saturated rings. The van der Waals surface area contributed by atoms with Crippen LogP contribution >= 0.6 is 11.6 Å². The highest BCUT2D eigenvalue weighted by molar-refractivity contribution is 6.31. The van der Waals surface area contributed by atoms with Crippen molar-refractivity contribution in [1.82, 2.24) is 15.0 Å². The molecule has 0 spiro atoms. The van der Waals surface area contributed by atoms with E-state index in [1.54, 1.807) is 19.5 Å². The normalized spacial score (nSPS) is 10.8. The fourth-order valence-corrected chi connectivity index (χ4v) is 2.94. The number of fused-ring (bicyclic) bond motifs is 1. The Kier molecular flexibility index (Phi) is 4.60. The predicted octanol–water partition coefficient (Wildman–Crippen LogP) is 5.41. The molecule has 0 amide bonds. The summed E-state index contributed by atoms with van der Waals surface area (Å²) in [4.78, 5) is 13.6. The van der Waals surface area contributed by atoms with Gasteiger partial charge in [-0.05, 0) is 55.0 Å². The number of pyridine rings is 1. The van der Waals surface area contributed by atoms with Gasteiger partial charge >= 0.3 is 0 Å². The summed E-state index contributed by atoms with van der Waals surface area (Å²) in [5, 5.41) is 4.92. The van der Waals surface area contributed by atoms with Gasteiger partial charge < -0.3 is 10.1 Å². The van der Waals surface area contributed by atoms with Crippen LogP contribution in [0.5, 0.6) is 5.75 Å². The molecular weight excluding hydrogens is 360 g/mol. The lowest BCUT2D eigenvalue weighted by atomic mass is 10.2. The second kappa shape index (κ2) is 7.21. The largest absolute Gasteiger partial charge is 0.497 e. The number of nitrogens with zero attached hydrogens (tertiary/aromatic N) is 3. The molecule has 1 N–H and O–H groups in total. The smallest absolute Gasteiger partial charge is 0.163 e. The molecule has 0 aliphatic heterocycles. The van der Waals surface area contributed by atoms with Crippen molar-refractivity contribution in [3.8, 4) is 17.1 Å². The Morgan fingerprint density at radius 2 is 1.93 bits per heavy atom. The predicted molar refractivity (Wildman–Crippen MR) is 109 cm³/mol. The van der Waals surface area contributed by atoms with Crippen LogP contribution < -0.4 is 10.1 Å². The summed E-state index contributed by atoms with van der Waals surface area (Å²) in [6.45, 7) is 1.97. The first-order chi connectivity index (χ1) is 13.1. The topological polar surface area (TPSA) is 59.9 Å². The molecule has 0 atom stereocenters. The molecule has 2 heterocycles. The van der Waals surface area contributed by atoms with Crippen molar-refractivity contribution in [2.45, 2.75) is 6.92 Å². The van der Waals surface area contributed by atoms with E-state index in [1.165, 1.54) is 0 Å². The Hall–Kier alpha value is -3.18. The number of benzene rings is 2. The average Bonchev–Trinajstić information content (AvgIpc) is 2.71. The van der Waals surface area contributed by atoms with E-state index in [9.17, 15) is 0 Å². The second-order valence-electron chi connectivity index (χ2n) is 6.11. The van der Waals surface area contributed by atoms with Crippen LogP contribution in [-0.4, -0.2) is 22.1 Å². The summed E-state index contributed by atoms with van der Waals surface area (Å²) in [5.41, 5.74) is 3.53. The van der Waals surface area contributed by atoms with Gasteiger partial charge in [0.2, 0.25) is 0 Å². The standard InChI is InChI=1S/C21H17ClN4O/c1-13-5-6-15(10-18(13)22)24-21-17-11-16(27-2)7-8-19(17)25-20(26-21)14-4-3-9-23-12-14/h3-12H,1-2H3,(H,24,25,26). The number of halogens is 1. The molecule has 134 valence electrons. The first kappa shape index (κ1) is 17.2. The molecule has 0 aliphatic rings. The first-order valence-electron chi connectivity index (χ1n) is 8.43. The van der Waals surface area contributed by atoms with Gasteiger partial charge in [-0.1, -0.05) is 17.7 Å². The van der Waals surface area contributed by atoms with Gasteiger partial charge in [0.15, 0.2) is 5.82 Å². The Labute approximate surface area is 162 Å². The van der Waals surface area contributed by atoms with E-state index >= 15 is 0 Å². The maximum Gasteiger partial charge on any atom is 0.163 e. The fourth-order valence-electron chi connectivity index (χ4n) is 2.76. The van der Waals surface area contributed by atoms with E-state index in [-0.39, 0.29) is 0 Å². The lowest BCUT2D eigenvalue weighted by Crippen LogP contribution is -2.00. The van der Waals surface area contributed by atoms with Gasteiger partial charge in [-0.15, -0.1) is 0 Å². The third-order valence-corrected chi connectivity index (χ3v) is 4.66. The summed E-state index contributed by atoms with van der Waals surface area (Å²) in [5.74, 6) is 2.02. The number of hydrogen-bond acceptors (Lipinski definition) is 5. The van der Waals surface area contributed by atoms with Crippen LogP contribution in [-0.2, 0) is 0 Å². The summed E-state index contributed by atoms with van der Waals surface area (Å²) in [6.07, 6.45) is 3.47. The van der Waals surface area contributed by atoms with Crippen LogP contribution in [0.25, 0.3) is 22.3 Å². The Morgan fingerprint density at radius 3 is 2.67 bits per heavy atom. The van der Waals surface area contributed by atoms with Gasteiger partial charge in [-0.2, -0.15) is 0 Å². The third-order valence-electron chi connectivity index (χ3n) is 4.26. The van der Waals surface area contributed by atoms with Crippen molar-refractivity contribution in [2.24, 2.45) is 0 Å². The van der Waals surface area contributed by atoms with E-state index in [0.717, 1.165) is 33.5 Å². The molecule has 0 aliphatic carbocycles. The van der Waals surface area contributed by atoms with E-state index in [1.807, 2.05) is 55.5 Å². The molecular formula is C21H17ClN4O. The van der Waals surface area contributed by atoms with E-state index < -0.39 is 0 Å². The van der Waals surface area contributed by atoms with E-state index in [0.29, 0.717) is 16.7 Å². The van der Waals surface area contributed by atoms with Crippen LogP contribution in [0.2, 0.25) is 5.02 Å². The van der Waals surface area contributed by atoms with Crippen molar-refractivity contribution in [3.05, 3.63) is 71.5 Å². The van der Waals surface area contributed by atoms with Crippen molar-refractivity contribution >= 4 is 34.0 Å². The van der Waals surface area contributed by atoms with Crippen LogP contribution in [0.15, 0.2) is 60.9 Å². The molecule has 2 aromatic carbocycles. The summed E-state index contributed by atoms with van der Waals surface area (Å²) >= 11 is 6.27. The maximum absolute atomic E-state index is 6.27. The molecule has 5 nitrogen and oxygen atoms in total. The molecule has 4 aromatic rings. The fraction of sp³-hybridized carbons (Fsp3) is 0.0952. The zero-order valence-electron chi connectivity index (χ0n) is 14.9. The van der Waals surface area contributed by atoms with Crippen LogP contribution in [0.1, 0.15) is 5.56 Å². The highest BCUT2D eigenvalue weighted by Crippen LogP contribution is 2.31. The average molecular weight is 377 g/mol. The lowest BCUT2D eigenvalue weighted by Gasteiger charge is -2.12. The zero-order valence-corrected chi connectivity index (χ0v) is 15.7. The molecule has 6 heteroatoms. The number of anilines is 2. The Morgan fingerprint density at radius 1 is 1.04 bits per heavy atom. The molecule has 4 rings (SSSR count). The summed E-state index contributed by atoms with van der Waals surface area (Å²) in [6, 6.07) is 15.3. The molecule has 0 saturated heterocycles. The molecule has 0 bridgehead atoms. The highest BCUT2D eigenvalue weighted by atomic mass is 35.5. The number of nitrogens with one attached hydrogen (secondary N) is 1. The number of methoxy groups -OCH3 is 1. The van der Waals surface area contributed by atoms with Gasteiger partial charge in [0, 0.05) is 34.1 Å². The third kappa shape index (κ3) is 3.55.